The van der Waals surface area contributed by atoms with Gasteiger partial charge >= 0.3 is 0 Å². The quantitative estimate of drug-likeness (QED) is 0.0204. The van der Waals surface area contributed by atoms with Crippen LogP contribution in [0.15, 0.2) is 60.8 Å². The third kappa shape index (κ3) is 35.4. The lowest BCUT2D eigenvalue weighted by Crippen LogP contribution is -2.65. The second-order valence-corrected chi connectivity index (χ2v) is 22.5. The Morgan fingerprint density at radius 1 is 0.456 bits per heavy atom. The Morgan fingerprint density at radius 2 is 0.848 bits per heavy atom. The molecule has 2 aliphatic rings. The van der Waals surface area contributed by atoms with Crippen LogP contribution in [0.1, 0.15) is 251 Å². The highest BCUT2D eigenvalue weighted by Crippen LogP contribution is 2.30. The lowest BCUT2D eigenvalue weighted by atomic mass is 9.97. The number of aliphatic hydroxyl groups excluding tert-OH is 8. The maximum atomic E-state index is 13.2. The van der Waals surface area contributed by atoms with Crippen LogP contribution in [0.4, 0.5) is 0 Å². The van der Waals surface area contributed by atoms with Crippen LogP contribution in [0.25, 0.3) is 0 Å². The fourth-order valence-corrected chi connectivity index (χ4v) is 10.2. The van der Waals surface area contributed by atoms with E-state index in [1.165, 1.54) is 148 Å². The first-order valence-electron chi connectivity index (χ1n) is 32.0. The van der Waals surface area contributed by atoms with E-state index in [2.05, 4.69) is 67.8 Å². The first kappa shape index (κ1) is 72.8. The maximum Gasteiger partial charge on any atom is 0.220 e. The monoisotopic (exact) mass is 1120 g/mol. The van der Waals surface area contributed by atoms with Crippen molar-refractivity contribution in [2.45, 2.75) is 325 Å². The molecular weight excluding hydrogens is 1000 g/mol. The number of carbonyl (C=O) groups excluding carboxylic acids is 1. The van der Waals surface area contributed by atoms with Gasteiger partial charge in [0.05, 0.1) is 32.0 Å². The second kappa shape index (κ2) is 50.2. The standard InChI is InChI=1S/C65H117NO13/c1-3-5-7-9-11-13-15-17-19-20-21-22-23-24-25-26-27-28-29-30-31-32-33-35-36-38-40-42-44-46-48-54(69)53(66-57(70)49-47-45-43-41-39-37-34-18-16-14-12-10-8-6-4-2)52-76-64-62(75)60(73)63(56(51-68)78-64)79-65-61(74)59(72)58(71)55(50-67)77-65/h12,14,18,32-34,38,40,46,48,53-56,58-65,67-69,71-75H,3-11,13,15-17,19-31,35-37,39,41-45,47,49-52H2,1-2H3,(H,66,70)/b14-12-,33-32+,34-18-,40-38+,48-46+. The third-order valence-electron chi connectivity index (χ3n) is 15.4. The van der Waals surface area contributed by atoms with Crippen molar-refractivity contribution in [1.29, 1.82) is 0 Å². The molecule has 0 aromatic heterocycles. The maximum absolute atomic E-state index is 13.2. The SMILES string of the molecule is CCCCC/C=C\C/C=C\CCCCCCCC(=O)NC(COC1OC(CO)C(OC2OC(CO)C(O)C(O)C2O)C(O)C1O)C(O)/C=C/CC/C=C/CC/C=C/CCCCCCCCCCCCCCCCCCCCCC. The summed E-state index contributed by atoms with van der Waals surface area (Å²) < 4.78 is 22.8. The smallest absolute Gasteiger partial charge is 0.220 e. The highest BCUT2D eigenvalue weighted by molar-refractivity contribution is 5.76. The van der Waals surface area contributed by atoms with E-state index in [1.54, 1.807) is 6.08 Å². The molecule has 0 spiro atoms. The molecule has 12 atom stereocenters. The summed E-state index contributed by atoms with van der Waals surface area (Å²) in [6.07, 6.45) is 48.6. The van der Waals surface area contributed by atoms with Gasteiger partial charge in [-0.2, -0.15) is 0 Å². The van der Waals surface area contributed by atoms with Crippen molar-refractivity contribution in [2.24, 2.45) is 0 Å². The minimum absolute atomic E-state index is 0.252. The Morgan fingerprint density at radius 3 is 1.34 bits per heavy atom. The van der Waals surface area contributed by atoms with Gasteiger partial charge in [0.15, 0.2) is 12.6 Å². The van der Waals surface area contributed by atoms with Crippen LogP contribution in [-0.4, -0.2) is 140 Å². The Balaban J connectivity index is 1.73. The van der Waals surface area contributed by atoms with Crippen LogP contribution >= 0.6 is 0 Å². The highest BCUT2D eigenvalue weighted by atomic mass is 16.7. The molecule has 79 heavy (non-hydrogen) atoms. The van der Waals surface area contributed by atoms with Crippen molar-refractivity contribution in [3.8, 4) is 0 Å². The van der Waals surface area contributed by atoms with Crippen molar-refractivity contribution < 1.29 is 64.6 Å². The molecule has 0 bridgehead atoms. The van der Waals surface area contributed by atoms with Gasteiger partial charge in [0, 0.05) is 6.42 Å². The summed E-state index contributed by atoms with van der Waals surface area (Å²) in [4.78, 5) is 13.2. The average Bonchev–Trinajstić information content (AvgIpc) is 3.47. The zero-order valence-electron chi connectivity index (χ0n) is 49.6. The largest absolute Gasteiger partial charge is 0.394 e. The van der Waals surface area contributed by atoms with Crippen LogP contribution in [0, 0.1) is 0 Å². The first-order chi connectivity index (χ1) is 38.6. The van der Waals surface area contributed by atoms with Gasteiger partial charge in [0.2, 0.25) is 5.91 Å². The second-order valence-electron chi connectivity index (χ2n) is 22.5. The molecule has 14 nitrogen and oxygen atoms in total. The number of hydrogen-bond acceptors (Lipinski definition) is 13. The molecule has 2 aliphatic heterocycles. The van der Waals surface area contributed by atoms with E-state index in [9.17, 15) is 45.6 Å². The Labute approximate surface area is 479 Å². The number of hydrogen-bond donors (Lipinski definition) is 9. The summed E-state index contributed by atoms with van der Waals surface area (Å²) in [7, 11) is 0. The van der Waals surface area contributed by atoms with Gasteiger partial charge in [-0.15, -0.1) is 0 Å². The van der Waals surface area contributed by atoms with Crippen molar-refractivity contribution in [1.82, 2.24) is 5.32 Å². The minimum Gasteiger partial charge on any atom is -0.394 e. The van der Waals surface area contributed by atoms with Crippen molar-refractivity contribution in [2.75, 3.05) is 19.8 Å². The number of amides is 1. The summed E-state index contributed by atoms with van der Waals surface area (Å²) in [5.74, 6) is -0.268. The summed E-state index contributed by atoms with van der Waals surface area (Å²) in [6.45, 7) is 2.75. The summed E-state index contributed by atoms with van der Waals surface area (Å²) in [5.41, 5.74) is 0. The number of carbonyl (C=O) groups is 1. The molecule has 12 unspecified atom stereocenters. The molecule has 14 heteroatoms. The molecule has 0 radical (unpaired) electrons. The average molecular weight is 1120 g/mol. The van der Waals surface area contributed by atoms with Gasteiger partial charge < -0.3 is 65.1 Å². The van der Waals surface area contributed by atoms with Gasteiger partial charge in [-0.3, -0.25) is 4.79 Å². The molecule has 0 aromatic carbocycles. The molecule has 2 heterocycles. The summed E-state index contributed by atoms with van der Waals surface area (Å²) >= 11 is 0. The van der Waals surface area contributed by atoms with E-state index in [0.717, 1.165) is 70.6 Å². The molecule has 2 saturated heterocycles. The number of unbranched alkanes of at least 4 members (excludes halogenated alkanes) is 30. The molecule has 0 aliphatic carbocycles. The van der Waals surface area contributed by atoms with Gasteiger partial charge in [-0.05, 0) is 77.0 Å². The predicted molar refractivity (Wildman–Crippen MR) is 318 cm³/mol. The van der Waals surface area contributed by atoms with Crippen LogP contribution in [0.2, 0.25) is 0 Å². The van der Waals surface area contributed by atoms with Gasteiger partial charge in [-0.25, -0.2) is 0 Å². The van der Waals surface area contributed by atoms with E-state index >= 15 is 0 Å². The fraction of sp³-hybridized carbons (Fsp3) is 0.831. The number of nitrogens with one attached hydrogen (secondary N) is 1. The molecule has 9 N–H and O–H groups in total. The molecule has 0 aromatic rings. The van der Waals surface area contributed by atoms with E-state index < -0.39 is 86.8 Å². The van der Waals surface area contributed by atoms with Crippen molar-refractivity contribution >= 4 is 5.91 Å². The number of aliphatic hydroxyl groups is 8. The number of ether oxygens (including phenoxy) is 4. The zero-order valence-corrected chi connectivity index (χ0v) is 49.6. The van der Waals surface area contributed by atoms with Crippen LogP contribution in [0.3, 0.4) is 0 Å². The lowest BCUT2D eigenvalue weighted by molar-refractivity contribution is -0.359. The highest BCUT2D eigenvalue weighted by Gasteiger charge is 2.51. The van der Waals surface area contributed by atoms with Gasteiger partial charge in [-0.1, -0.05) is 229 Å². The third-order valence-corrected chi connectivity index (χ3v) is 15.4. The molecule has 1 amide bonds. The summed E-state index contributed by atoms with van der Waals surface area (Å²) in [5, 5.41) is 87.1. The van der Waals surface area contributed by atoms with E-state index in [4.69, 9.17) is 18.9 Å². The molecule has 2 rings (SSSR count). The zero-order chi connectivity index (χ0) is 57.4. The molecule has 460 valence electrons. The lowest BCUT2D eigenvalue weighted by Gasteiger charge is -2.46. The first-order valence-corrected chi connectivity index (χ1v) is 32.0. The molecule has 0 saturated carbocycles. The van der Waals surface area contributed by atoms with Crippen molar-refractivity contribution in [3.05, 3.63) is 60.8 Å². The van der Waals surface area contributed by atoms with Crippen LogP contribution in [0.5, 0.6) is 0 Å². The van der Waals surface area contributed by atoms with Crippen LogP contribution in [-0.2, 0) is 23.7 Å². The van der Waals surface area contributed by atoms with E-state index in [-0.39, 0.29) is 18.9 Å². The summed E-state index contributed by atoms with van der Waals surface area (Å²) in [6, 6.07) is -0.948. The van der Waals surface area contributed by atoms with Gasteiger partial charge in [0.25, 0.3) is 0 Å². The Bertz CT molecular complexity index is 1560. The predicted octanol–water partition coefficient (Wildman–Crippen LogP) is 11.7. The minimum atomic E-state index is -1.80. The van der Waals surface area contributed by atoms with E-state index in [1.807, 2.05) is 6.08 Å². The molecule has 2 fully saturated rings. The Hall–Kier alpha value is -2.31. The van der Waals surface area contributed by atoms with Crippen molar-refractivity contribution in [3.63, 3.8) is 0 Å². The van der Waals surface area contributed by atoms with Gasteiger partial charge in [0.1, 0.15) is 48.8 Å². The number of allylic oxidation sites excluding steroid dienone is 9. The number of rotatable bonds is 51. The Kier molecular flexibility index (Phi) is 46.3. The molecular formula is C65H117NO13. The normalized spacial score (nSPS) is 24.8. The van der Waals surface area contributed by atoms with E-state index in [0.29, 0.717) is 12.8 Å². The fourth-order valence-electron chi connectivity index (χ4n) is 10.2. The topological polar surface area (TPSA) is 228 Å². The van der Waals surface area contributed by atoms with Crippen LogP contribution < -0.4 is 5.32 Å².